The molecule has 1 aliphatic rings. The van der Waals surface area contributed by atoms with Gasteiger partial charge in [-0.3, -0.25) is 4.72 Å². The first-order valence-corrected chi connectivity index (χ1v) is 7.74. The third-order valence-corrected chi connectivity index (χ3v) is 4.44. The number of benzene rings is 2. The number of rotatable bonds is 4. The minimum absolute atomic E-state index is 0.00650. The average molecular weight is 325 g/mol. The Hall–Kier alpha value is -2.48. The summed E-state index contributed by atoms with van der Waals surface area (Å²) < 4.78 is 55.6. The Balaban J connectivity index is 1.89. The Kier molecular flexibility index (Phi) is 3.53. The second-order valence-corrected chi connectivity index (χ2v) is 6.15. The highest BCUT2D eigenvalue weighted by Gasteiger charge is 2.20. The maximum absolute atomic E-state index is 13.6. The average Bonchev–Trinajstić information content (AvgIpc) is 2.94. The monoisotopic (exact) mass is 325 g/mol. The first-order valence-electron chi connectivity index (χ1n) is 6.25. The summed E-state index contributed by atoms with van der Waals surface area (Å²) in [5, 5.41) is 0. The smallest absolute Gasteiger partial charge is 0.262 e. The molecule has 2 aromatic carbocycles. The molecule has 0 radical (unpaired) electrons. The molecule has 0 unspecified atom stereocenters. The largest absolute Gasteiger partial charge is 0.494 e. The summed E-state index contributed by atoms with van der Waals surface area (Å²) >= 11 is 0. The number of anilines is 1. The van der Waals surface area contributed by atoms with Gasteiger partial charge in [0.2, 0.25) is 6.79 Å². The van der Waals surface area contributed by atoms with Gasteiger partial charge in [-0.05, 0) is 24.3 Å². The van der Waals surface area contributed by atoms with Crippen LogP contribution in [0.5, 0.6) is 17.2 Å². The summed E-state index contributed by atoms with van der Waals surface area (Å²) in [5.41, 5.74) is 0.0935. The first kappa shape index (κ1) is 14.5. The van der Waals surface area contributed by atoms with Crippen molar-refractivity contribution in [3.63, 3.8) is 0 Å². The Labute approximate surface area is 126 Å². The van der Waals surface area contributed by atoms with Crippen molar-refractivity contribution in [1.29, 1.82) is 0 Å². The molecule has 2 aromatic rings. The highest BCUT2D eigenvalue weighted by molar-refractivity contribution is 7.92. The SMILES string of the molecule is COc1ccc(NS(=O)(=O)c2ccc3c(c2)OCO3)cc1F. The van der Waals surface area contributed by atoms with Crippen LogP contribution in [-0.2, 0) is 10.0 Å². The lowest BCUT2D eigenvalue weighted by Gasteiger charge is -2.10. The van der Waals surface area contributed by atoms with Gasteiger partial charge in [0.1, 0.15) is 0 Å². The zero-order valence-electron chi connectivity index (χ0n) is 11.5. The summed E-state index contributed by atoms with van der Waals surface area (Å²) in [6.45, 7) is 0.0515. The zero-order chi connectivity index (χ0) is 15.7. The van der Waals surface area contributed by atoms with E-state index in [1.54, 1.807) is 0 Å². The number of fused-ring (bicyclic) bond motifs is 1. The fourth-order valence-corrected chi connectivity index (χ4v) is 3.05. The molecule has 0 aromatic heterocycles. The minimum Gasteiger partial charge on any atom is -0.494 e. The van der Waals surface area contributed by atoms with Gasteiger partial charge in [0.15, 0.2) is 23.1 Å². The fraction of sp³-hybridized carbons (Fsp3) is 0.143. The van der Waals surface area contributed by atoms with E-state index in [0.717, 1.165) is 6.07 Å². The summed E-state index contributed by atoms with van der Waals surface area (Å²) in [6, 6.07) is 8.04. The fourth-order valence-electron chi connectivity index (χ4n) is 1.99. The standard InChI is InChI=1S/C14H12FNO5S/c1-19-12-4-2-9(6-11(12)15)16-22(17,18)10-3-5-13-14(7-10)21-8-20-13/h2-7,16H,8H2,1H3. The molecule has 1 N–H and O–H groups in total. The zero-order valence-corrected chi connectivity index (χ0v) is 12.3. The molecule has 3 rings (SSSR count). The van der Waals surface area contributed by atoms with E-state index in [1.807, 2.05) is 0 Å². The molecule has 1 aliphatic heterocycles. The second-order valence-electron chi connectivity index (χ2n) is 4.47. The van der Waals surface area contributed by atoms with Crippen molar-refractivity contribution in [2.75, 3.05) is 18.6 Å². The van der Waals surface area contributed by atoms with Gasteiger partial charge in [0.25, 0.3) is 10.0 Å². The molecule has 22 heavy (non-hydrogen) atoms. The Morgan fingerprint density at radius 1 is 1.14 bits per heavy atom. The molecule has 0 aliphatic carbocycles. The van der Waals surface area contributed by atoms with E-state index in [9.17, 15) is 12.8 Å². The van der Waals surface area contributed by atoms with E-state index in [2.05, 4.69) is 4.72 Å². The molecule has 0 spiro atoms. The van der Waals surface area contributed by atoms with Crippen LogP contribution in [-0.4, -0.2) is 22.3 Å². The van der Waals surface area contributed by atoms with Crippen LogP contribution >= 0.6 is 0 Å². The van der Waals surface area contributed by atoms with E-state index >= 15 is 0 Å². The summed E-state index contributed by atoms with van der Waals surface area (Å²) in [6.07, 6.45) is 0. The molecular formula is C14H12FNO5S. The molecule has 116 valence electrons. The van der Waals surface area contributed by atoms with Crippen LogP contribution in [0.3, 0.4) is 0 Å². The molecule has 8 heteroatoms. The predicted molar refractivity (Wildman–Crippen MR) is 76.3 cm³/mol. The van der Waals surface area contributed by atoms with Crippen LogP contribution in [0.15, 0.2) is 41.3 Å². The Bertz CT molecular complexity index is 822. The van der Waals surface area contributed by atoms with E-state index in [4.69, 9.17) is 14.2 Å². The molecule has 0 atom stereocenters. The molecule has 1 heterocycles. The van der Waals surface area contributed by atoms with Gasteiger partial charge in [0, 0.05) is 12.1 Å². The third-order valence-electron chi connectivity index (χ3n) is 3.06. The van der Waals surface area contributed by atoms with E-state index < -0.39 is 15.8 Å². The van der Waals surface area contributed by atoms with Crippen molar-refractivity contribution in [3.05, 3.63) is 42.2 Å². The van der Waals surface area contributed by atoms with Crippen molar-refractivity contribution < 1.29 is 27.0 Å². The van der Waals surface area contributed by atoms with Gasteiger partial charge in [-0.15, -0.1) is 0 Å². The van der Waals surface area contributed by atoms with Crippen molar-refractivity contribution in [2.45, 2.75) is 4.90 Å². The molecular weight excluding hydrogens is 313 g/mol. The van der Waals surface area contributed by atoms with Crippen molar-refractivity contribution in [2.24, 2.45) is 0 Å². The Morgan fingerprint density at radius 3 is 2.64 bits per heavy atom. The van der Waals surface area contributed by atoms with Gasteiger partial charge >= 0.3 is 0 Å². The van der Waals surface area contributed by atoms with Crippen LogP contribution in [0, 0.1) is 5.82 Å². The third kappa shape index (κ3) is 2.64. The number of methoxy groups -OCH3 is 1. The van der Waals surface area contributed by atoms with Gasteiger partial charge < -0.3 is 14.2 Å². The van der Waals surface area contributed by atoms with Crippen LogP contribution in [0.25, 0.3) is 0 Å². The maximum atomic E-state index is 13.6. The summed E-state index contributed by atoms with van der Waals surface area (Å²) in [5.74, 6) is 0.206. The molecule has 6 nitrogen and oxygen atoms in total. The predicted octanol–water partition coefficient (Wildman–Crippen LogP) is 2.36. The van der Waals surface area contributed by atoms with Crippen LogP contribution in [0.2, 0.25) is 0 Å². The topological polar surface area (TPSA) is 73.9 Å². The number of ether oxygens (including phenoxy) is 3. The van der Waals surface area contributed by atoms with Crippen LogP contribution in [0.1, 0.15) is 0 Å². The van der Waals surface area contributed by atoms with Gasteiger partial charge in [0.05, 0.1) is 17.7 Å². The quantitative estimate of drug-likeness (QED) is 0.934. The maximum Gasteiger partial charge on any atom is 0.262 e. The number of nitrogens with one attached hydrogen (secondary N) is 1. The molecule has 0 saturated heterocycles. The van der Waals surface area contributed by atoms with E-state index in [-0.39, 0.29) is 23.1 Å². The van der Waals surface area contributed by atoms with E-state index in [0.29, 0.717) is 11.5 Å². The van der Waals surface area contributed by atoms with Crippen molar-refractivity contribution in [3.8, 4) is 17.2 Å². The second kappa shape index (κ2) is 5.38. The number of sulfonamides is 1. The lowest BCUT2D eigenvalue weighted by molar-refractivity contribution is 0.174. The van der Waals surface area contributed by atoms with E-state index in [1.165, 1.54) is 37.4 Å². The van der Waals surface area contributed by atoms with Crippen LogP contribution in [0.4, 0.5) is 10.1 Å². The lowest BCUT2D eigenvalue weighted by Crippen LogP contribution is -2.13. The molecule has 0 bridgehead atoms. The normalized spacial score (nSPS) is 13.0. The first-order chi connectivity index (χ1) is 10.5. The minimum atomic E-state index is -3.86. The van der Waals surface area contributed by atoms with Gasteiger partial charge in [-0.1, -0.05) is 0 Å². The highest BCUT2D eigenvalue weighted by Crippen LogP contribution is 2.34. The Morgan fingerprint density at radius 2 is 1.91 bits per heavy atom. The summed E-state index contributed by atoms with van der Waals surface area (Å²) in [4.78, 5) is -0.00650. The van der Waals surface area contributed by atoms with Crippen molar-refractivity contribution in [1.82, 2.24) is 0 Å². The summed E-state index contributed by atoms with van der Waals surface area (Å²) in [7, 11) is -2.54. The number of hydrogen-bond donors (Lipinski definition) is 1. The van der Waals surface area contributed by atoms with Gasteiger partial charge in [-0.2, -0.15) is 0 Å². The van der Waals surface area contributed by atoms with Gasteiger partial charge in [-0.25, -0.2) is 12.8 Å². The molecule has 0 fully saturated rings. The van der Waals surface area contributed by atoms with Crippen molar-refractivity contribution >= 4 is 15.7 Å². The highest BCUT2D eigenvalue weighted by atomic mass is 32.2. The molecule has 0 amide bonds. The number of halogens is 1. The molecule has 0 saturated carbocycles. The lowest BCUT2D eigenvalue weighted by atomic mass is 10.3. The number of hydrogen-bond acceptors (Lipinski definition) is 5. The van der Waals surface area contributed by atoms with Crippen LogP contribution < -0.4 is 18.9 Å².